The summed E-state index contributed by atoms with van der Waals surface area (Å²) in [7, 11) is 3.18. The zero-order valence-corrected chi connectivity index (χ0v) is 15.5. The van der Waals surface area contributed by atoms with Gasteiger partial charge in [-0.25, -0.2) is 0 Å². The highest BCUT2D eigenvalue weighted by Gasteiger charge is 2.24. The van der Waals surface area contributed by atoms with E-state index < -0.39 is 0 Å². The second-order valence-electron chi connectivity index (χ2n) is 6.35. The lowest BCUT2D eigenvalue weighted by atomic mass is 10.1. The van der Waals surface area contributed by atoms with Crippen molar-refractivity contribution in [1.82, 2.24) is 0 Å². The Morgan fingerprint density at radius 2 is 1.96 bits per heavy atom. The van der Waals surface area contributed by atoms with E-state index in [-0.39, 0.29) is 18.6 Å². The number of rotatable bonds is 5. The first kappa shape index (κ1) is 17.9. The smallest absolute Gasteiger partial charge is 0.243 e. The highest BCUT2D eigenvalue weighted by Crippen LogP contribution is 2.34. The average molecular weight is 356 g/mol. The molecule has 1 aliphatic rings. The molecule has 6 nitrogen and oxygen atoms in total. The van der Waals surface area contributed by atoms with Crippen molar-refractivity contribution in [2.75, 3.05) is 37.5 Å². The van der Waals surface area contributed by atoms with Gasteiger partial charge in [-0.1, -0.05) is 12.1 Å². The number of hydrogen-bond acceptors (Lipinski definition) is 5. The van der Waals surface area contributed by atoms with Crippen LogP contribution in [0.15, 0.2) is 36.4 Å². The number of para-hydroxylation sites is 2. The van der Waals surface area contributed by atoms with Gasteiger partial charge in [0, 0.05) is 6.07 Å². The Kier molecular flexibility index (Phi) is 5.21. The highest BCUT2D eigenvalue weighted by molar-refractivity contribution is 5.96. The fourth-order valence-electron chi connectivity index (χ4n) is 3.15. The minimum Gasteiger partial charge on any atom is -0.496 e. The molecule has 0 spiro atoms. The number of methoxy groups -OCH3 is 2. The molecular formula is C20H24N2O4. The minimum atomic E-state index is -0.114. The third kappa shape index (κ3) is 3.69. The zero-order chi connectivity index (χ0) is 18.7. The molecule has 1 unspecified atom stereocenters. The summed E-state index contributed by atoms with van der Waals surface area (Å²) in [5, 5.41) is 2.94. The topological polar surface area (TPSA) is 60.0 Å². The Balaban J connectivity index is 1.77. The van der Waals surface area contributed by atoms with E-state index in [2.05, 4.69) is 5.32 Å². The molecule has 26 heavy (non-hydrogen) atoms. The SMILES string of the molecule is COc1cc(OC)c(NC(=O)CN2CC(C)Oc3ccccc32)cc1C. The molecule has 0 bridgehead atoms. The number of benzene rings is 2. The summed E-state index contributed by atoms with van der Waals surface area (Å²) in [6.07, 6.45) is 0.0236. The van der Waals surface area contributed by atoms with E-state index >= 15 is 0 Å². The van der Waals surface area contributed by atoms with Crippen LogP contribution in [-0.4, -0.2) is 39.3 Å². The van der Waals surface area contributed by atoms with Crippen molar-refractivity contribution in [2.45, 2.75) is 20.0 Å². The summed E-state index contributed by atoms with van der Waals surface area (Å²) in [6, 6.07) is 11.4. The van der Waals surface area contributed by atoms with Crippen molar-refractivity contribution >= 4 is 17.3 Å². The maximum Gasteiger partial charge on any atom is 0.243 e. The van der Waals surface area contributed by atoms with E-state index in [0.29, 0.717) is 18.0 Å². The Bertz CT molecular complexity index is 806. The van der Waals surface area contributed by atoms with Gasteiger partial charge in [0.2, 0.25) is 5.91 Å². The molecule has 1 N–H and O–H groups in total. The number of amides is 1. The van der Waals surface area contributed by atoms with Crippen LogP contribution in [0.25, 0.3) is 0 Å². The van der Waals surface area contributed by atoms with Gasteiger partial charge >= 0.3 is 0 Å². The van der Waals surface area contributed by atoms with Gasteiger partial charge < -0.3 is 24.4 Å². The maximum atomic E-state index is 12.7. The van der Waals surface area contributed by atoms with Crippen LogP contribution in [0.2, 0.25) is 0 Å². The second kappa shape index (κ2) is 7.56. The third-order valence-corrected chi connectivity index (χ3v) is 4.34. The largest absolute Gasteiger partial charge is 0.496 e. The number of hydrogen-bond donors (Lipinski definition) is 1. The van der Waals surface area contributed by atoms with Crippen LogP contribution >= 0.6 is 0 Å². The fourth-order valence-corrected chi connectivity index (χ4v) is 3.15. The lowest BCUT2D eigenvalue weighted by molar-refractivity contribution is -0.115. The van der Waals surface area contributed by atoms with Crippen molar-refractivity contribution in [3.63, 3.8) is 0 Å². The fraction of sp³-hybridized carbons (Fsp3) is 0.350. The molecule has 2 aromatic carbocycles. The molecule has 138 valence electrons. The van der Waals surface area contributed by atoms with Crippen LogP contribution in [0.1, 0.15) is 12.5 Å². The van der Waals surface area contributed by atoms with E-state index in [9.17, 15) is 4.79 Å². The van der Waals surface area contributed by atoms with Crippen LogP contribution < -0.4 is 24.4 Å². The number of fused-ring (bicyclic) bond motifs is 1. The van der Waals surface area contributed by atoms with Crippen LogP contribution in [0.3, 0.4) is 0 Å². The summed E-state index contributed by atoms with van der Waals surface area (Å²) in [6.45, 7) is 4.81. The molecule has 0 aromatic heterocycles. The van der Waals surface area contributed by atoms with E-state index in [0.717, 1.165) is 22.7 Å². The predicted molar refractivity (Wildman–Crippen MR) is 102 cm³/mol. The molecular weight excluding hydrogens is 332 g/mol. The normalized spacial score (nSPS) is 15.7. The van der Waals surface area contributed by atoms with Gasteiger partial charge in [-0.3, -0.25) is 4.79 Å². The Hall–Kier alpha value is -2.89. The van der Waals surface area contributed by atoms with Crippen molar-refractivity contribution in [1.29, 1.82) is 0 Å². The Labute approximate surface area is 153 Å². The van der Waals surface area contributed by atoms with Crippen molar-refractivity contribution < 1.29 is 19.0 Å². The van der Waals surface area contributed by atoms with Crippen molar-refractivity contribution in [3.05, 3.63) is 42.0 Å². The van der Waals surface area contributed by atoms with Gasteiger partial charge in [-0.05, 0) is 37.6 Å². The summed E-state index contributed by atoms with van der Waals surface area (Å²) in [4.78, 5) is 14.7. The van der Waals surface area contributed by atoms with Gasteiger partial charge in [0.15, 0.2) is 0 Å². The molecule has 0 aliphatic carbocycles. The third-order valence-electron chi connectivity index (χ3n) is 4.34. The lowest BCUT2D eigenvalue weighted by Crippen LogP contribution is -2.42. The van der Waals surface area contributed by atoms with Gasteiger partial charge in [0.05, 0.1) is 38.7 Å². The summed E-state index contributed by atoms with van der Waals surface area (Å²) in [5.41, 5.74) is 2.48. The van der Waals surface area contributed by atoms with Gasteiger partial charge in [0.1, 0.15) is 23.4 Å². The molecule has 2 aromatic rings. The quantitative estimate of drug-likeness (QED) is 0.891. The van der Waals surface area contributed by atoms with E-state index in [4.69, 9.17) is 14.2 Å². The maximum absolute atomic E-state index is 12.7. The Morgan fingerprint density at radius 3 is 2.69 bits per heavy atom. The minimum absolute atomic E-state index is 0.0236. The van der Waals surface area contributed by atoms with Gasteiger partial charge in [-0.15, -0.1) is 0 Å². The molecule has 0 saturated carbocycles. The van der Waals surface area contributed by atoms with Crippen LogP contribution in [0.5, 0.6) is 17.2 Å². The van der Waals surface area contributed by atoms with Gasteiger partial charge in [-0.2, -0.15) is 0 Å². The summed E-state index contributed by atoms with van der Waals surface area (Å²) >= 11 is 0. The number of carbonyl (C=O) groups is 1. The van der Waals surface area contributed by atoms with E-state index in [1.165, 1.54) is 0 Å². The summed E-state index contributed by atoms with van der Waals surface area (Å²) in [5.74, 6) is 1.97. The standard InChI is InChI=1S/C20H24N2O4/c1-13-9-15(19(25-4)10-18(13)24-3)21-20(23)12-22-11-14(2)26-17-8-6-5-7-16(17)22/h5-10,14H,11-12H2,1-4H3,(H,21,23). The first-order valence-electron chi connectivity index (χ1n) is 8.55. The van der Waals surface area contributed by atoms with Crippen molar-refractivity contribution in [2.24, 2.45) is 0 Å². The molecule has 0 saturated heterocycles. The first-order chi connectivity index (χ1) is 12.5. The molecule has 1 heterocycles. The molecule has 0 fully saturated rings. The lowest BCUT2D eigenvalue weighted by Gasteiger charge is -2.34. The van der Waals surface area contributed by atoms with Crippen LogP contribution in [0, 0.1) is 6.92 Å². The van der Waals surface area contributed by atoms with E-state index in [1.807, 2.05) is 49.1 Å². The number of nitrogens with one attached hydrogen (secondary N) is 1. The molecule has 1 amide bonds. The van der Waals surface area contributed by atoms with Gasteiger partial charge in [0.25, 0.3) is 0 Å². The summed E-state index contributed by atoms with van der Waals surface area (Å²) < 4.78 is 16.5. The highest BCUT2D eigenvalue weighted by atomic mass is 16.5. The molecule has 1 aliphatic heterocycles. The first-order valence-corrected chi connectivity index (χ1v) is 8.55. The number of ether oxygens (including phenoxy) is 3. The predicted octanol–water partition coefficient (Wildman–Crippen LogP) is 3.24. The van der Waals surface area contributed by atoms with Crippen LogP contribution in [-0.2, 0) is 4.79 Å². The molecule has 1 atom stereocenters. The monoisotopic (exact) mass is 356 g/mol. The van der Waals surface area contributed by atoms with E-state index in [1.54, 1.807) is 20.3 Å². The second-order valence-corrected chi connectivity index (χ2v) is 6.35. The number of carbonyl (C=O) groups excluding carboxylic acids is 1. The number of nitrogens with zero attached hydrogens (tertiary/aromatic N) is 1. The number of aryl methyl sites for hydroxylation is 1. The zero-order valence-electron chi connectivity index (χ0n) is 15.5. The van der Waals surface area contributed by atoms with Crippen LogP contribution in [0.4, 0.5) is 11.4 Å². The Morgan fingerprint density at radius 1 is 1.23 bits per heavy atom. The molecule has 0 radical (unpaired) electrons. The molecule has 6 heteroatoms. The van der Waals surface area contributed by atoms with Crippen molar-refractivity contribution in [3.8, 4) is 17.2 Å². The average Bonchev–Trinajstić information content (AvgIpc) is 2.61. The number of anilines is 2. The molecule has 3 rings (SSSR count).